The molecule has 0 saturated carbocycles. The lowest BCUT2D eigenvalue weighted by atomic mass is 10.0. The molecule has 0 bridgehead atoms. The smallest absolute Gasteiger partial charge is 0.305 e. The molecule has 0 aromatic heterocycles. The minimum Gasteiger partial charge on any atom is -0.481 e. The number of ether oxygens (including phenoxy) is 1. The molecule has 0 radical (unpaired) electrons. The van der Waals surface area contributed by atoms with Crippen molar-refractivity contribution < 1.29 is 19.4 Å². The first kappa shape index (κ1) is 14.0. The molecule has 1 fully saturated rings. The van der Waals surface area contributed by atoms with Gasteiger partial charge in [0.15, 0.2) is 0 Å². The topological polar surface area (TPSA) is 75.6 Å². The fraction of sp³-hybridized carbons (Fsp3) is 0.833. The third-order valence-electron chi connectivity index (χ3n) is 3.05. The summed E-state index contributed by atoms with van der Waals surface area (Å²) in [5.74, 6) is -0.993. The zero-order valence-corrected chi connectivity index (χ0v) is 10.6. The van der Waals surface area contributed by atoms with Crippen LogP contribution in [0.1, 0.15) is 40.0 Å². The van der Waals surface area contributed by atoms with Gasteiger partial charge in [0.05, 0.1) is 12.5 Å². The summed E-state index contributed by atoms with van der Waals surface area (Å²) in [5, 5.41) is 11.5. The summed E-state index contributed by atoms with van der Waals surface area (Å²) < 4.78 is 5.45. The molecule has 1 saturated heterocycles. The van der Waals surface area contributed by atoms with Crippen LogP contribution in [0.4, 0.5) is 0 Å². The minimum absolute atomic E-state index is 0.0499. The predicted molar refractivity (Wildman–Crippen MR) is 62.6 cm³/mol. The first-order valence-electron chi connectivity index (χ1n) is 6.07. The Hall–Kier alpha value is -1.10. The highest BCUT2D eigenvalue weighted by Gasteiger charge is 2.30. The third kappa shape index (κ3) is 4.34. The van der Waals surface area contributed by atoms with Crippen molar-refractivity contribution in [2.24, 2.45) is 5.92 Å². The number of hydrogen-bond acceptors (Lipinski definition) is 3. The Morgan fingerprint density at radius 3 is 2.47 bits per heavy atom. The molecule has 0 aromatic rings. The van der Waals surface area contributed by atoms with Crippen LogP contribution in [0.3, 0.4) is 0 Å². The van der Waals surface area contributed by atoms with E-state index in [1.54, 1.807) is 0 Å². The van der Waals surface area contributed by atoms with Gasteiger partial charge in [0.1, 0.15) is 6.10 Å². The van der Waals surface area contributed by atoms with Crippen LogP contribution in [-0.2, 0) is 14.3 Å². The second-order valence-corrected chi connectivity index (χ2v) is 4.97. The second kappa shape index (κ2) is 6.00. The maximum atomic E-state index is 11.9. The molecule has 1 aliphatic heterocycles. The third-order valence-corrected chi connectivity index (χ3v) is 3.05. The molecule has 5 heteroatoms. The molecule has 1 aliphatic rings. The highest BCUT2D eigenvalue weighted by atomic mass is 16.5. The quantitative estimate of drug-likeness (QED) is 0.760. The largest absolute Gasteiger partial charge is 0.481 e. The van der Waals surface area contributed by atoms with Crippen molar-refractivity contribution >= 4 is 11.9 Å². The lowest BCUT2D eigenvalue weighted by Crippen LogP contribution is -2.44. The SMILES string of the molecule is CC1CCC(C(=O)NC(CC(=O)O)C(C)C)O1. The fourth-order valence-electron chi connectivity index (χ4n) is 1.91. The van der Waals surface area contributed by atoms with Crippen molar-refractivity contribution in [3.05, 3.63) is 0 Å². The average Bonchev–Trinajstić information content (AvgIpc) is 2.63. The first-order valence-corrected chi connectivity index (χ1v) is 6.07. The summed E-state index contributed by atoms with van der Waals surface area (Å²) in [5.41, 5.74) is 0. The number of amides is 1. The van der Waals surface area contributed by atoms with Crippen molar-refractivity contribution in [1.29, 1.82) is 0 Å². The molecule has 5 nitrogen and oxygen atoms in total. The number of carbonyl (C=O) groups is 2. The molecule has 1 amide bonds. The molecule has 2 N–H and O–H groups in total. The molecule has 0 aromatic carbocycles. The van der Waals surface area contributed by atoms with E-state index < -0.39 is 12.1 Å². The zero-order valence-electron chi connectivity index (χ0n) is 10.6. The number of hydrogen-bond donors (Lipinski definition) is 2. The summed E-state index contributed by atoms with van der Waals surface area (Å²) in [6.45, 7) is 5.72. The van der Waals surface area contributed by atoms with Gasteiger partial charge in [-0.15, -0.1) is 0 Å². The molecule has 3 unspecified atom stereocenters. The Morgan fingerprint density at radius 2 is 2.06 bits per heavy atom. The Kier molecular flexibility index (Phi) is 4.93. The monoisotopic (exact) mass is 243 g/mol. The van der Waals surface area contributed by atoms with E-state index in [-0.39, 0.29) is 30.4 Å². The van der Waals surface area contributed by atoms with Gasteiger partial charge in [-0.2, -0.15) is 0 Å². The molecule has 1 rings (SSSR count). The normalized spacial score (nSPS) is 25.9. The van der Waals surface area contributed by atoms with Gasteiger partial charge in [0.25, 0.3) is 0 Å². The van der Waals surface area contributed by atoms with E-state index in [2.05, 4.69) is 5.32 Å². The van der Waals surface area contributed by atoms with Crippen molar-refractivity contribution in [3.63, 3.8) is 0 Å². The Labute approximate surface area is 102 Å². The van der Waals surface area contributed by atoms with Gasteiger partial charge in [-0.25, -0.2) is 0 Å². The molecule has 0 aliphatic carbocycles. The number of nitrogens with one attached hydrogen (secondary N) is 1. The molecular weight excluding hydrogens is 222 g/mol. The number of rotatable bonds is 5. The molecule has 17 heavy (non-hydrogen) atoms. The van der Waals surface area contributed by atoms with E-state index in [4.69, 9.17) is 9.84 Å². The van der Waals surface area contributed by atoms with Gasteiger partial charge >= 0.3 is 5.97 Å². The highest BCUT2D eigenvalue weighted by Crippen LogP contribution is 2.19. The summed E-state index contributed by atoms with van der Waals surface area (Å²) in [6.07, 6.45) is 1.24. The van der Waals surface area contributed by atoms with Crippen LogP contribution in [-0.4, -0.2) is 35.2 Å². The van der Waals surface area contributed by atoms with Crippen LogP contribution in [0.2, 0.25) is 0 Å². The molecule has 3 atom stereocenters. The van der Waals surface area contributed by atoms with E-state index in [1.807, 2.05) is 20.8 Å². The van der Waals surface area contributed by atoms with Crippen molar-refractivity contribution in [3.8, 4) is 0 Å². The number of carboxylic acids is 1. The predicted octanol–water partition coefficient (Wildman–Crippen LogP) is 1.17. The molecule has 1 heterocycles. The maximum absolute atomic E-state index is 11.9. The molecule has 0 spiro atoms. The van der Waals surface area contributed by atoms with Gasteiger partial charge in [0.2, 0.25) is 5.91 Å². The van der Waals surface area contributed by atoms with Crippen molar-refractivity contribution in [2.45, 2.75) is 58.3 Å². The number of carbonyl (C=O) groups excluding carboxylic acids is 1. The zero-order chi connectivity index (χ0) is 13.0. The lowest BCUT2D eigenvalue weighted by Gasteiger charge is -2.22. The fourth-order valence-corrected chi connectivity index (χ4v) is 1.91. The van der Waals surface area contributed by atoms with Crippen LogP contribution >= 0.6 is 0 Å². The molecular formula is C12H21NO4. The first-order chi connectivity index (χ1) is 7.90. The summed E-state index contributed by atoms with van der Waals surface area (Å²) >= 11 is 0. The van der Waals surface area contributed by atoms with Gasteiger partial charge in [-0.1, -0.05) is 13.8 Å². The highest BCUT2D eigenvalue weighted by molar-refractivity contribution is 5.82. The Bertz CT molecular complexity index is 290. The van der Waals surface area contributed by atoms with Gasteiger partial charge in [-0.3, -0.25) is 9.59 Å². The molecule has 98 valence electrons. The van der Waals surface area contributed by atoms with Crippen LogP contribution in [0.5, 0.6) is 0 Å². The second-order valence-electron chi connectivity index (χ2n) is 4.97. The maximum Gasteiger partial charge on any atom is 0.305 e. The van der Waals surface area contributed by atoms with E-state index in [9.17, 15) is 9.59 Å². The summed E-state index contributed by atoms with van der Waals surface area (Å²) in [4.78, 5) is 22.5. The summed E-state index contributed by atoms with van der Waals surface area (Å²) in [6, 6.07) is -0.334. The Balaban J connectivity index is 2.49. The lowest BCUT2D eigenvalue weighted by molar-refractivity contribution is -0.138. The minimum atomic E-state index is -0.898. The van der Waals surface area contributed by atoms with E-state index in [0.29, 0.717) is 6.42 Å². The standard InChI is InChI=1S/C12H21NO4/c1-7(2)9(6-11(14)15)13-12(16)10-5-4-8(3)17-10/h7-10H,4-6H2,1-3H3,(H,13,16)(H,14,15). The number of carboxylic acid groups (broad SMARTS) is 1. The van der Waals surface area contributed by atoms with Crippen molar-refractivity contribution in [2.75, 3.05) is 0 Å². The van der Waals surface area contributed by atoms with Gasteiger partial charge < -0.3 is 15.2 Å². The Morgan fingerprint density at radius 1 is 1.41 bits per heavy atom. The van der Waals surface area contributed by atoms with Crippen LogP contribution < -0.4 is 5.32 Å². The number of aliphatic carboxylic acids is 1. The van der Waals surface area contributed by atoms with E-state index in [1.165, 1.54) is 0 Å². The van der Waals surface area contributed by atoms with Crippen molar-refractivity contribution in [1.82, 2.24) is 5.32 Å². The van der Waals surface area contributed by atoms with Crippen LogP contribution in [0, 0.1) is 5.92 Å². The van der Waals surface area contributed by atoms with Gasteiger partial charge in [-0.05, 0) is 25.7 Å². The van der Waals surface area contributed by atoms with E-state index in [0.717, 1.165) is 6.42 Å². The van der Waals surface area contributed by atoms with Crippen LogP contribution in [0.25, 0.3) is 0 Å². The van der Waals surface area contributed by atoms with Crippen LogP contribution in [0.15, 0.2) is 0 Å². The van der Waals surface area contributed by atoms with Gasteiger partial charge in [0, 0.05) is 6.04 Å². The summed E-state index contributed by atoms with van der Waals surface area (Å²) in [7, 11) is 0. The van der Waals surface area contributed by atoms with E-state index >= 15 is 0 Å². The average molecular weight is 243 g/mol.